The summed E-state index contributed by atoms with van der Waals surface area (Å²) in [6, 6.07) is 16.5. The van der Waals surface area contributed by atoms with Crippen molar-refractivity contribution in [1.82, 2.24) is 9.78 Å². The molecule has 1 heterocycles. The van der Waals surface area contributed by atoms with E-state index < -0.39 is 0 Å². The van der Waals surface area contributed by atoms with Crippen LogP contribution >= 0.6 is 0 Å². The number of hydrogen-bond acceptors (Lipinski definition) is 2. The number of nitrogens with one attached hydrogen (secondary N) is 1. The van der Waals surface area contributed by atoms with Gasteiger partial charge in [0.2, 0.25) is 0 Å². The van der Waals surface area contributed by atoms with Gasteiger partial charge in [0.15, 0.2) is 5.96 Å². The highest BCUT2D eigenvalue weighted by Crippen LogP contribution is 2.27. The molecule has 0 spiro atoms. The molecule has 0 fully saturated rings. The third-order valence-electron chi connectivity index (χ3n) is 4.80. The summed E-state index contributed by atoms with van der Waals surface area (Å²) in [5.74, 6) is 0.458. The zero-order valence-corrected chi connectivity index (χ0v) is 14.7. The zero-order valence-electron chi connectivity index (χ0n) is 14.7. The number of benzene rings is 2. The quantitative estimate of drug-likeness (QED) is 0.560. The van der Waals surface area contributed by atoms with E-state index in [0.29, 0.717) is 12.5 Å². The molecule has 3 aromatic rings. The first-order valence-corrected chi connectivity index (χ1v) is 9.06. The lowest BCUT2D eigenvalue weighted by Crippen LogP contribution is -2.24. The molecule has 0 aliphatic heterocycles. The van der Waals surface area contributed by atoms with E-state index in [-0.39, 0.29) is 0 Å². The Labute approximate surface area is 153 Å². The van der Waals surface area contributed by atoms with Crippen LogP contribution in [0.15, 0.2) is 65.9 Å². The van der Waals surface area contributed by atoms with Gasteiger partial charge in [-0.15, -0.1) is 0 Å². The smallest absolute Gasteiger partial charge is 0.193 e. The van der Waals surface area contributed by atoms with Crippen LogP contribution in [0.4, 0.5) is 5.69 Å². The summed E-state index contributed by atoms with van der Waals surface area (Å²) < 4.78 is 1.83. The van der Waals surface area contributed by atoms with Gasteiger partial charge >= 0.3 is 0 Å². The molecule has 0 amide bonds. The summed E-state index contributed by atoms with van der Waals surface area (Å²) in [5.41, 5.74) is 12.2. The first-order valence-electron chi connectivity index (χ1n) is 9.06. The van der Waals surface area contributed by atoms with E-state index in [1.807, 2.05) is 29.1 Å². The molecule has 1 aromatic heterocycles. The number of fused-ring (bicyclic) bond motifs is 1. The maximum atomic E-state index is 6.12. The Morgan fingerprint density at radius 2 is 1.92 bits per heavy atom. The van der Waals surface area contributed by atoms with Gasteiger partial charge in [0.05, 0.1) is 12.2 Å². The predicted octanol–water partition coefficient (Wildman–Crippen LogP) is 3.68. The van der Waals surface area contributed by atoms with Crippen molar-refractivity contribution in [2.24, 2.45) is 10.7 Å². The van der Waals surface area contributed by atoms with Crippen molar-refractivity contribution in [2.75, 3.05) is 5.32 Å². The van der Waals surface area contributed by atoms with Crippen LogP contribution in [0.3, 0.4) is 0 Å². The fourth-order valence-electron chi connectivity index (χ4n) is 3.43. The molecular weight excluding hydrogens is 322 g/mol. The largest absolute Gasteiger partial charge is 0.370 e. The fraction of sp³-hybridized carbons (Fsp3) is 0.238. The Balaban J connectivity index is 1.43. The van der Waals surface area contributed by atoms with Crippen LogP contribution in [0.1, 0.15) is 29.5 Å². The number of guanidine groups is 1. The molecule has 132 valence electrons. The second-order valence-corrected chi connectivity index (χ2v) is 6.59. The Morgan fingerprint density at radius 1 is 1.08 bits per heavy atom. The van der Waals surface area contributed by atoms with Gasteiger partial charge < -0.3 is 11.1 Å². The van der Waals surface area contributed by atoms with Crippen LogP contribution in [0.2, 0.25) is 0 Å². The van der Waals surface area contributed by atoms with Gasteiger partial charge in [-0.05, 0) is 66.6 Å². The maximum absolute atomic E-state index is 6.12. The average molecular weight is 345 g/mol. The van der Waals surface area contributed by atoms with Gasteiger partial charge in [-0.2, -0.15) is 5.10 Å². The monoisotopic (exact) mass is 345 g/mol. The van der Waals surface area contributed by atoms with Gasteiger partial charge in [-0.1, -0.05) is 24.3 Å². The summed E-state index contributed by atoms with van der Waals surface area (Å²) in [5, 5.41) is 7.52. The van der Waals surface area contributed by atoms with Crippen LogP contribution in [0.25, 0.3) is 5.69 Å². The molecule has 0 radical (unpaired) electrons. The molecule has 1 aliphatic carbocycles. The molecular formula is C21H23N5. The van der Waals surface area contributed by atoms with Crippen molar-refractivity contribution in [3.05, 3.63) is 77.6 Å². The van der Waals surface area contributed by atoms with Gasteiger partial charge in [-0.3, -0.25) is 0 Å². The molecule has 2 aromatic carbocycles. The zero-order chi connectivity index (χ0) is 17.8. The minimum atomic E-state index is 0.458. The van der Waals surface area contributed by atoms with Crippen molar-refractivity contribution in [2.45, 2.75) is 32.2 Å². The van der Waals surface area contributed by atoms with Crippen LogP contribution < -0.4 is 11.1 Å². The second kappa shape index (κ2) is 7.44. The molecule has 4 rings (SSSR count). The van der Waals surface area contributed by atoms with Crippen molar-refractivity contribution in [3.8, 4) is 5.69 Å². The van der Waals surface area contributed by atoms with Crippen LogP contribution in [-0.4, -0.2) is 15.7 Å². The van der Waals surface area contributed by atoms with Gasteiger partial charge in [0, 0.05) is 18.1 Å². The molecule has 0 atom stereocenters. The third-order valence-corrected chi connectivity index (χ3v) is 4.80. The Bertz CT molecular complexity index is 895. The standard InChI is InChI=1S/C21H23N5/c22-21(25-20-8-3-6-17-5-1-2-7-19(17)20)23-15-16-9-11-18(12-10-16)26-14-4-13-24-26/h3-4,6,8-14H,1-2,5,7,15H2,(H3,22,23,25). The molecule has 5 nitrogen and oxygen atoms in total. The molecule has 0 bridgehead atoms. The maximum Gasteiger partial charge on any atom is 0.193 e. The minimum absolute atomic E-state index is 0.458. The predicted molar refractivity (Wildman–Crippen MR) is 106 cm³/mol. The summed E-state index contributed by atoms with van der Waals surface area (Å²) in [6.45, 7) is 0.549. The Morgan fingerprint density at radius 3 is 2.73 bits per heavy atom. The first kappa shape index (κ1) is 16.4. The lowest BCUT2D eigenvalue weighted by atomic mass is 9.90. The van der Waals surface area contributed by atoms with Gasteiger partial charge in [-0.25, -0.2) is 9.67 Å². The summed E-state index contributed by atoms with van der Waals surface area (Å²) >= 11 is 0. The number of aliphatic imine (C=N–C) groups is 1. The lowest BCUT2D eigenvalue weighted by Gasteiger charge is -2.19. The van der Waals surface area contributed by atoms with Crippen molar-refractivity contribution < 1.29 is 0 Å². The SMILES string of the molecule is NC(=NCc1ccc(-n2cccn2)cc1)Nc1cccc2c1CCCC2. The van der Waals surface area contributed by atoms with Crippen LogP contribution in [-0.2, 0) is 19.4 Å². The van der Waals surface area contributed by atoms with E-state index in [9.17, 15) is 0 Å². The van der Waals surface area contributed by atoms with Gasteiger partial charge in [0.25, 0.3) is 0 Å². The number of hydrogen-bond donors (Lipinski definition) is 2. The highest BCUT2D eigenvalue weighted by molar-refractivity contribution is 5.93. The molecule has 0 saturated heterocycles. The molecule has 1 aliphatic rings. The topological polar surface area (TPSA) is 68.2 Å². The highest BCUT2D eigenvalue weighted by atomic mass is 15.3. The number of aromatic nitrogens is 2. The molecule has 0 unspecified atom stereocenters. The van der Waals surface area contributed by atoms with Crippen molar-refractivity contribution in [1.29, 1.82) is 0 Å². The Hall–Kier alpha value is -3.08. The fourth-order valence-corrected chi connectivity index (χ4v) is 3.43. The normalized spacial score (nSPS) is 14.1. The summed E-state index contributed by atoms with van der Waals surface area (Å²) in [6.07, 6.45) is 8.48. The number of anilines is 1. The second-order valence-electron chi connectivity index (χ2n) is 6.59. The average Bonchev–Trinajstić information content (AvgIpc) is 3.22. The number of aryl methyl sites for hydroxylation is 1. The highest BCUT2D eigenvalue weighted by Gasteiger charge is 2.13. The molecule has 3 N–H and O–H groups in total. The molecule has 0 saturated carbocycles. The number of nitrogens with zero attached hydrogens (tertiary/aromatic N) is 3. The summed E-state index contributed by atoms with van der Waals surface area (Å²) in [4.78, 5) is 4.49. The van der Waals surface area contributed by atoms with Crippen LogP contribution in [0.5, 0.6) is 0 Å². The van der Waals surface area contributed by atoms with E-state index in [1.54, 1.807) is 6.20 Å². The minimum Gasteiger partial charge on any atom is -0.370 e. The molecule has 26 heavy (non-hydrogen) atoms. The van der Waals surface area contributed by atoms with E-state index in [1.165, 1.54) is 24.0 Å². The van der Waals surface area contributed by atoms with Crippen molar-refractivity contribution in [3.63, 3.8) is 0 Å². The van der Waals surface area contributed by atoms with Gasteiger partial charge in [0.1, 0.15) is 0 Å². The number of rotatable bonds is 4. The van der Waals surface area contributed by atoms with E-state index >= 15 is 0 Å². The van der Waals surface area contributed by atoms with E-state index in [4.69, 9.17) is 5.73 Å². The molecule has 5 heteroatoms. The lowest BCUT2D eigenvalue weighted by molar-refractivity contribution is 0.687. The van der Waals surface area contributed by atoms with E-state index in [2.05, 4.69) is 45.7 Å². The Kier molecular flexibility index (Phi) is 4.69. The van der Waals surface area contributed by atoms with E-state index in [0.717, 1.165) is 29.8 Å². The third kappa shape index (κ3) is 3.61. The summed E-state index contributed by atoms with van der Waals surface area (Å²) in [7, 11) is 0. The first-order chi connectivity index (χ1) is 12.8. The number of nitrogens with two attached hydrogens (primary N) is 1. The van der Waals surface area contributed by atoms with Crippen molar-refractivity contribution >= 4 is 11.6 Å². The van der Waals surface area contributed by atoms with Crippen LogP contribution in [0, 0.1) is 0 Å².